The van der Waals surface area contributed by atoms with E-state index in [9.17, 15) is 0 Å². The van der Waals surface area contributed by atoms with Crippen LogP contribution < -0.4 is 19.5 Å². The number of hydrogen-bond donors (Lipinski definition) is 1. The van der Waals surface area contributed by atoms with Gasteiger partial charge in [-0.25, -0.2) is 0 Å². The Balaban J connectivity index is 1.51. The molecule has 0 fully saturated rings. The van der Waals surface area contributed by atoms with E-state index in [1.54, 1.807) is 97.1 Å². The molecule has 0 aliphatic carbocycles. The number of halogens is 3. The summed E-state index contributed by atoms with van der Waals surface area (Å²) in [6.45, 7) is 7.77. The van der Waals surface area contributed by atoms with Crippen LogP contribution in [0.25, 0.3) is 11.4 Å². The summed E-state index contributed by atoms with van der Waals surface area (Å²) < 4.78 is 66.4. The first-order valence-corrected chi connectivity index (χ1v) is 20.0. The molecule has 0 radical (unpaired) electrons. The number of anilines is 1. The van der Waals surface area contributed by atoms with Gasteiger partial charge >= 0.3 is 295 Å². The summed E-state index contributed by atoms with van der Waals surface area (Å²) in [6.07, 6.45) is -0.0989. The zero-order valence-corrected chi connectivity index (χ0v) is 30.0. The van der Waals surface area contributed by atoms with Crippen molar-refractivity contribution in [3.63, 3.8) is 0 Å². The molecule has 1 unspecified atom stereocenters. The Hall–Kier alpha value is -5.30. The zero-order valence-electron chi connectivity index (χ0n) is 27.8. The van der Waals surface area contributed by atoms with Crippen molar-refractivity contribution in [2.24, 2.45) is 0 Å². The summed E-state index contributed by atoms with van der Waals surface area (Å²) in [7, 11) is 0. The zero-order chi connectivity index (χ0) is 35.3. The minimum atomic E-state index is -5.24. The molecule has 1 aromatic heterocycles. The third kappa shape index (κ3) is 7.78. The van der Waals surface area contributed by atoms with Gasteiger partial charge in [0.15, 0.2) is 0 Å². The second kappa shape index (κ2) is 15.1. The van der Waals surface area contributed by atoms with Gasteiger partial charge in [-0.05, 0) is 0 Å². The number of hydrogen-bond acceptors (Lipinski definition) is 8. The molecule has 6 rings (SSSR count). The Morgan fingerprint density at radius 1 is 0.620 bits per heavy atom. The standard InChI is InChI=1S/C39H35F2IN4O4/c1-25(2)43-29-19-15-27(16-20-29)42(47,28-17-21-32(22-18-28)48-26(3)4)36-34(40)24-23-33(35(36)41)37-44-38(49-30-11-7-5-8-12-30)46-39(45-37)50-31-13-9-6-10-14-31/h5-26,43H,1-4H3. The van der Waals surface area contributed by atoms with Crippen LogP contribution in [0.2, 0.25) is 0 Å². The Morgan fingerprint density at radius 2 is 1.14 bits per heavy atom. The molecule has 1 atom stereocenters. The molecular formula is C39H35F2IN4O4. The fraction of sp³-hybridized carbons (Fsp3) is 0.154. The summed E-state index contributed by atoms with van der Waals surface area (Å²) >= 11 is -5.24. The summed E-state index contributed by atoms with van der Waals surface area (Å²) in [5, 5.41) is 3.29. The van der Waals surface area contributed by atoms with Gasteiger partial charge in [0.1, 0.15) is 0 Å². The summed E-state index contributed by atoms with van der Waals surface area (Å²) in [5.41, 5.74) is 0.575. The second-order valence-corrected chi connectivity index (χ2v) is 18.2. The fourth-order valence-corrected chi connectivity index (χ4v) is 11.6. The molecular weight excluding hydrogens is 753 g/mol. The van der Waals surface area contributed by atoms with Crippen molar-refractivity contribution < 1.29 is 26.1 Å². The van der Waals surface area contributed by atoms with Gasteiger partial charge in [-0.15, -0.1) is 0 Å². The van der Waals surface area contributed by atoms with Crippen LogP contribution >= 0.6 is 18.4 Å². The topological polar surface area (TPSA) is 95.5 Å². The van der Waals surface area contributed by atoms with E-state index in [-0.39, 0.29) is 39.1 Å². The van der Waals surface area contributed by atoms with Gasteiger partial charge in [0.25, 0.3) is 0 Å². The predicted octanol–water partition coefficient (Wildman–Crippen LogP) is 10.3. The molecule has 50 heavy (non-hydrogen) atoms. The van der Waals surface area contributed by atoms with E-state index in [0.717, 1.165) is 11.8 Å². The average molecular weight is 789 g/mol. The van der Waals surface area contributed by atoms with Crippen LogP contribution in [0.15, 0.2) is 121 Å². The van der Waals surface area contributed by atoms with Gasteiger partial charge in [0, 0.05) is 0 Å². The van der Waals surface area contributed by atoms with Gasteiger partial charge in [-0.2, -0.15) is 0 Å². The molecule has 5 aromatic carbocycles. The molecule has 6 aromatic rings. The van der Waals surface area contributed by atoms with Crippen LogP contribution in [0.5, 0.6) is 29.3 Å². The SMILES string of the molecule is CC(C)Nc1ccc(I(=O)(c2ccc(OC(C)C)cc2)c2c(F)ccc(-c3nc(Oc4ccccc4)nc(Oc4ccccc4)n3)c2F)cc1. The van der Waals surface area contributed by atoms with Crippen molar-refractivity contribution >= 4 is 24.1 Å². The van der Waals surface area contributed by atoms with Crippen molar-refractivity contribution in [3.8, 4) is 40.7 Å². The average Bonchev–Trinajstić information content (AvgIpc) is 3.09. The van der Waals surface area contributed by atoms with Gasteiger partial charge < -0.3 is 0 Å². The second-order valence-electron chi connectivity index (χ2n) is 11.7. The third-order valence-corrected chi connectivity index (χ3v) is 14.6. The van der Waals surface area contributed by atoms with E-state index in [2.05, 4.69) is 20.3 Å². The molecule has 1 heterocycles. The molecule has 0 spiro atoms. The molecule has 8 nitrogen and oxygen atoms in total. The van der Waals surface area contributed by atoms with E-state index in [1.807, 2.05) is 39.8 Å². The van der Waals surface area contributed by atoms with Crippen LogP contribution in [-0.4, -0.2) is 27.1 Å². The third-order valence-electron chi connectivity index (χ3n) is 7.14. The molecule has 0 aliphatic heterocycles. The number of aromatic nitrogens is 3. The van der Waals surface area contributed by atoms with E-state index in [1.165, 1.54) is 6.07 Å². The maximum atomic E-state index is 17.1. The monoisotopic (exact) mass is 788 g/mol. The van der Waals surface area contributed by atoms with Crippen molar-refractivity contribution in [3.05, 3.63) is 144 Å². The molecule has 11 heteroatoms. The summed E-state index contributed by atoms with van der Waals surface area (Å²) in [5.74, 6) is -0.837. The first-order chi connectivity index (χ1) is 24.1. The first-order valence-electron chi connectivity index (χ1n) is 15.9. The summed E-state index contributed by atoms with van der Waals surface area (Å²) in [4.78, 5) is 13.1. The minimum absolute atomic E-state index is 0.0989. The van der Waals surface area contributed by atoms with Crippen LogP contribution in [0.4, 0.5) is 14.5 Å². The fourth-order valence-electron chi connectivity index (χ4n) is 5.04. The van der Waals surface area contributed by atoms with Gasteiger partial charge in [0.2, 0.25) is 0 Å². The quantitative estimate of drug-likeness (QED) is 0.0968. The van der Waals surface area contributed by atoms with Crippen LogP contribution in [-0.2, 0) is 3.07 Å². The summed E-state index contributed by atoms with van der Waals surface area (Å²) in [6, 6.07) is 33.0. The van der Waals surface area contributed by atoms with Crippen LogP contribution in [0.1, 0.15) is 27.7 Å². The van der Waals surface area contributed by atoms with E-state index in [0.29, 0.717) is 20.8 Å². The number of benzene rings is 5. The van der Waals surface area contributed by atoms with Crippen molar-refractivity contribution in [2.75, 3.05) is 5.32 Å². The van der Waals surface area contributed by atoms with Crippen molar-refractivity contribution in [1.29, 1.82) is 0 Å². The van der Waals surface area contributed by atoms with Gasteiger partial charge in [-0.3, -0.25) is 0 Å². The van der Waals surface area contributed by atoms with Crippen molar-refractivity contribution in [1.82, 2.24) is 15.0 Å². The van der Waals surface area contributed by atoms with Crippen LogP contribution in [0.3, 0.4) is 0 Å². The first kappa shape index (κ1) is 34.6. The van der Waals surface area contributed by atoms with Gasteiger partial charge in [0.05, 0.1) is 0 Å². The van der Waals surface area contributed by atoms with E-state index < -0.39 is 33.6 Å². The van der Waals surface area contributed by atoms with Crippen molar-refractivity contribution in [2.45, 2.75) is 39.8 Å². The molecule has 0 saturated carbocycles. The Morgan fingerprint density at radius 3 is 1.64 bits per heavy atom. The number of nitrogens with one attached hydrogen (secondary N) is 1. The van der Waals surface area contributed by atoms with E-state index >= 15 is 11.8 Å². The van der Waals surface area contributed by atoms with Crippen LogP contribution in [0, 0.1) is 22.3 Å². The normalized spacial score (nSPS) is 13.0. The molecule has 1 N–H and O–H groups in total. The Kier molecular flexibility index (Phi) is 10.4. The molecule has 0 amide bonds. The van der Waals surface area contributed by atoms with Gasteiger partial charge in [-0.1, -0.05) is 0 Å². The number of para-hydroxylation sites is 2. The molecule has 0 saturated heterocycles. The molecule has 0 aliphatic rings. The Bertz CT molecular complexity index is 2000. The molecule has 0 bridgehead atoms. The molecule has 256 valence electrons. The maximum absolute atomic E-state index is 17.1. The Labute approximate surface area is 293 Å². The predicted molar refractivity (Wildman–Crippen MR) is 196 cm³/mol. The number of nitrogens with zero attached hydrogens (tertiary/aromatic N) is 3. The number of ether oxygens (including phenoxy) is 3. The number of rotatable bonds is 12. The van der Waals surface area contributed by atoms with E-state index in [4.69, 9.17) is 14.2 Å².